The third-order valence-electron chi connectivity index (χ3n) is 4.83. The smallest absolute Gasteiger partial charge is 0.466 e. The van der Waals surface area contributed by atoms with Gasteiger partial charge in [-0.1, -0.05) is 12.1 Å². The Morgan fingerprint density at radius 2 is 1.79 bits per heavy atom. The highest BCUT2D eigenvalue weighted by molar-refractivity contribution is 6.48. The van der Waals surface area contributed by atoms with Gasteiger partial charge in [0, 0.05) is 5.82 Å². The molecule has 2 rings (SSSR count). The van der Waals surface area contributed by atoms with Gasteiger partial charge in [-0.3, -0.25) is 4.79 Å². The summed E-state index contributed by atoms with van der Waals surface area (Å²) < 4.78 is 36.6. The molecule has 0 bridgehead atoms. The molecule has 0 aliphatic carbocycles. The number of methoxy groups -OCH3 is 2. The van der Waals surface area contributed by atoms with Crippen molar-refractivity contribution < 1.29 is 28.0 Å². The second-order valence-electron chi connectivity index (χ2n) is 6.87. The number of benzene rings is 1. The number of hydrogen-bond acceptors (Lipinski definition) is 5. The molecule has 0 aromatic heterocycles. The largest absolute Gasteiger partial charge is 0.494 e. The molecule has 1 unspecified atom stereocenters. The monoisotopic (exact) mass is 338 g/mol. The van der Waals surface area contributed by atoms with Gasteiger partial charge in [0.25, 0.3) is 0 Å². The van der Waals surface area contributed by atoms with Crippen molar-refractivity contribution in [2.24, 2.45) is 0 Å². The van der Waals surface area contributed by atoms with Crippen LogP contribution < -0.4 is 4.74 Å². The Labute approximate surface area is 142 Å². The first-order valence-electron chi connectivity index (χ1n) is 7.88. The summed E-state index contributed by atoms with van der Waals surface area (Å²) in [6, 6.07) is 4.81. The lowest BCUT2D eigenvalue weighted by atomic mass is 9.66. The van der Waals surface area contributed by atoms with Crippen molar-refractivity contribution in [1.29, 1.82) is 0 Å². The lowest BCUT2D eigenvalue weighted by Gasteiger charge is -2.32. The van der Waals surface area contributed by atoms with Gasteiger partial charge in [-0.25, -0.2) is 4.39 Å². The highest BCUT2D eigenvalue weighted by Gasteiger charge is 2.54. The van der Waals surface area contributed by atoms with Crippen molar-refractivity contribution in [3.63, 3.8) is 0 Å². The molecule has 0 amide bonds. The predicted molar refractivity (Wildman–Crippen MR) is 88.4 cm³/mol. The molecule has 1 aliphatic heterocycles. The fraction of sp³-hybridized carbons (Fsp3) is 0.588. The summed E-state index contributed by atoms with van der Waals surface area (Å²) in [4.78, 5) is 11.9. The fourth-order valence-electron chi connectivity index (χ4n) is 2.64. The zero-order chi connectivity index (χ0) is 18.1. The van der Waals surface area contributed by atoms with E-state index in [1.807, 2.05) is 27.7 Å². The van der Waals surface area contributed by atoms with E-state index in [-0.39, 0.29) is 12.2 Å². The van der Waals surface area contributed by atoms with Crippen LogP contribution in [0.3, 0.4) is 0 Å². The lowest BCUT2D eigenvalue weighted by Crippen LogP contribution is -2.41. The van der Waals surface area contributed by atoms with E-state index in [4.69, 9.17) is 18.8 Å². The Morgan fingerprint density at radius 1 is 1.21 bits per heavy atom. The molecule has 1 aromatic rings. The van der Waals surface area contributed by atoms with Gasteiger partial charge >= 0.3 is 13.1 Å². The molecule has 1 aromatic carbocycles. The Hall–Kier alpha value is -1.60. The van der Waals surface area contributed by atoms with E-state index in [1.54, 1.807) is 12.1 Å². The summed E-state index contributed by atoms with van der Waals surface area (Å²) >= 11 is 0. The van der Waals surface area contributed by atoms with Crippen molar-refractivity contribution in [2.45, 2.75) is 51.1 Å². The highest BCUT2D eigenvalue weighted by Crippen LogP contribution is 2.42. The third kappa shape index (κ3) is 3.42. The Morgan fingerprint density at radius 3 is 2.29 bits per heavy atom. The standard InChI is InChI=1S/C17H24BFO5/c1-16(2)17(3,4)24-18(23-16)12(10-14(20)22-6)11-8-7-9-13(21-5)15(11)19/h7-9,12H,10H2,1-6H3. The Kier molecular flexibility index (Phi) is 5.25. The number of ether oxygens (including phenoxy) is 2. The van der Waals surface area contributed by atoms with Crippen molar-refractivity contribution in [1.82, 2.24) is 0 Å². The molecule has 24 heavy (non-hydrogen) atoms. The molecule has 0 N–H and O–H groups in total. The van der Waals surface area contributed by atoms with Crippen LogP contribution in [0.5, 0.6) is 5.75 Å². The third-order valence-corrected chi connectivity index (χ3v) is 4.83. The molecular formula is C17H24BFO5. The molecule has 7 heteroatoms. The van der Waals surface area contributed by atoms with Crippen LogP contribution in [0.15, 0.2) is 18.2 Å². The number of carbonyl (C=O) groups excluding carboxylic acids is 1. The summed E-state index contributed by atoms with van der Waals surface area (Å²) in [6.07, 6.45) is -0.0581. The van der Waals surface area contributed by atoms with Gasteiger partial charge in [0.15, 0.2) is 11.6 Å². The van der Waals surface area contributed by atoms with Crippen LogP contribution in [0.2, 0.25) is 0 Å². The maximum Gasteiger partial charge on any atom is 0.466 e. The van der Waals surface area contributed by atoms with Gasteiger partial charge in [-0.05, 0) is 39.3 Å². The molecule has 0 radical (unpaired) electrons. The number of esters is 1. The van der Waals surface area contributed by atoms with Crippen LogP contribution in [0.4, 0.5) is 4.39 Å². The van der Waals surface area contributed by atoms with Gasteiger partial charge in [-0.2, -0.15) is 0 Å². The first-order chi connectivity index (χ1) is 11.1. The van der Waals surface area contributed by atoms with E-state index in [9.17, 15) is 9.18 Å². The fourth-order valence-corrected chi connectivity index (χ4v) is 2.64. The second-order valence-corrected chi connectivity index (χ2v) is 6.87. The first kappa shape index (κ1) is 18.7. The first-order valence-corrected chi connectivity index (χ1v) is 7.88. The minimum absolute atomic E-state index is 0.0581. The normalized spacial score (nSPS) is 19.9. The van der Waals surface area contributed by atoms with Gasteiger partial charge in [0.1, 0.15) is 0 Å². The molecule has 1 atom stereocenters. The van der Waals surface area contributed by atoms with Crippen LogP contribution in [-0.4, -0.2) is 38.5 Å². The van der Waals surface area contributed by atoms with Crippen LogP contribution in [0, 0.1) is 5.82 Å². The molecule has 0 spiro atoms. The molecule has 132 valence electrons. The van der Waals surface area contributed by atoms with Crippen LogP contribution in [0.25, 0.3) is 0 Å². The second kappa shape index (κ2) is 6.72. The van der Waals surface area contributed by atoms with Gasteiger partial charge < -0.3 is 18.8 Å². The Balaban J connectivity index is 2.42. The number of hydrogen-bond donors (Lipinski definition) is 0. The van der Waals surface area contributed by atoms with Gasteiger partial charge in [0.2, 0.25) is 0 Å². The number of halogens is 1. The minimum atomic E-state index is -0.768. The average molecular weight is 338 g/mol. The summed E-state index contributed by atoms with van der Waals surface area (Å²) in [5.74, 6) is -1.52. The van der Waals surface area contributed by atoms with Crippen LogP contribution in [0.1, 0.15) is 45.5 Å². The van der Waals surface area contributed by atoms with E-state index in [1.165, 1.54) is 20.3 Å². The number of rotatable bonds is 5. The van der Waals surface area contributed by atoms with Crippen molar-refractivity contribution >= 4 is 13.1 Å². The summed E-state index contributed by atoms with van der Waals surface area (Å²) in [7, 11) is 1.92. The Bertz CT molecular complexity index is 601. The molecule has 1 heterocycles. The lowest BCUT2D eigenvalue weighted by molar-refractivity contribution is -0.140. The topological polar surface area (TPSA) is 54.0 Å². The van der Waals surface area contributed by atoms with Crippen LogP contribution in [-0.2, 0) is 18.8 Å². The van der Waals surface area contributed by atoms with Gasteiger partial charge in [-0.15, -0.1) is 0 Å². The van der Waals surface area contributed by atoms with Crippen molar-refractivity contribution in [3.8, 4) is 5.75 Å². The van der Waals surface area contributed by atoms with Gasteiger partial charge in [0.05, 0.1) is 31.8 Å². The predicted octanol–water partition coefficient (Wildman–Crippen LogP) is 3.11. The molecule has 1 aliphatic rings. The van der Waals surface area contributed by atoms with E-state index in [2.05, 4.69) is 0 Å². The van der Waals surface area contributed by atoms with E-state index in [0.29, 0.717) is 5.56 Å². The molecule has 5 nitrogen and oxygen atoms in total. The quantitative estimate of drug-likeness (QED) is 0.610. The molecular weight excluding hydrogens is 314 g/mol. The highest BCUT2D eigenvalue weighted by atomic mass is 19.1. The van der Waals surface area contributed by atoms with E-state index < -0.39 is 35.9 Å². The number of carbonyl (C=O) groups is 1. The van der Waals surface area contributed by atoms with E-state index >= 15 is 0 Å². The summed E-state index contributed by atoms with van der Waals surface area (Å²) in [5, 5.41) is 0. The average Bonchev–Trinajstić information content (AvgIpc) is 2.73. The zero-order valence-electron chi connectivity index (χ0n) is 15.0. The van der Waals surface area contributed by atoms with Crippen molar-refractivity contribution in [2.75, 3.05) is 14.2 Å². The molecule has 0 saturated carbocycles. The van der Waals surface area contributed by atoms with Crippen molar-refractivity contribution in [3.05, 3.63) is 29.6 Å². The SMILES string of the molecule is COC(=O)CC(B1OC(C)(C)C(C)(C)O1)c1cccc(OC)c1F. The molecule has 1 saturated heterocycles. The van der Waals surface area contributed by atoms with E-state index in [0.717, 1.165) is 0 Å². The summed E-state index contributed by atoms with van der Waals surface area (Å²) in [6.45, 7) is 7.63. The molecule has 1 fully saturated rings. The van der Waals surface area contributed by atoms with Crippen LogP contribution >= 0.6 is 0 Å². The maximum absolute atomic E-state index is 14.7. The zero-order valence-corrected chi connectivity index (χ0v) is 15.0. The maximum atomic E-state index is 14.7. The summed E-state index contributed by atoms with van der Waals surface area (Å²) in [5.41, 5.74) is -0.860. The minimum Gasteiger partial charge on any atom is -0.494 e.